The summed E-state index contributed by atoms with van der Waals surface area (Å²) in [5.41, 5.74) is -1.35. The third-order valence-electron chi connectivity index (χ3n) is 6.08. The van der Waals surface area contributed by atoms with Crippen molar-refractivity contribution >= 4 is 29.2 Å². The second-order valence-corrected chi connectivity index (χ2v) is 9.23. The molecule has 1 aliphatic heterocycles. The van der Waals surface area contributed by atoms with Crippen molar-refractivity contribution in [3.63, 3.8) is 0 Å². The first-order valence-corrected chi connectivity index (χ1v) is 12.2. The summed E-state index contributed by atoms with van der Waals surface area (Å²) in [4.78, 5) is 25.4. The number of carboxylic acids is 1. The van der Waals surface area contributed by atoms with Crippen LogP contribution in [0.3, 0.4) is 0 Å². The molecular formula is C27H17ClF5N3O6. The van der Waals surface area contributed by atoms with Crippen LogP contribution in [-0.4, -0.2) is 40.1 Å². The van der Waals surface area contributed by atoms with E-state index in [9.17, 15) is 31.5 Å². The lowest BCUT2D eigenvalue weighted by atomic mass is 10.1. The van der Waals surface area contributed by atoms with Crippen molar-refractivity contribution in [1.82, 2.24) is 9.78 Å². The summed E-state index contributed by atoms with van der Waals surface area (Å²) < 4.78 is 83.1. The first kappa shape index (κ1) is 28.7. The number of fused-ring (bicyclic) bond motifs is 1. The predicted octanol–water partition coefficient (Wildman–Crippen LogP) is 6.42. The number of amides is 1. The molecule has 4 aromatic rings. The van der Waals surface area contributed by atoms with E-state index in [1.807, 2.05) is 0 Å². The standard InChI is InChI=1S/C27H17ClF5N3O6/c1-35(16-7-10-20-21(12-16)42-27(32,33)41-20)24(37)15-3-2-4-17(11-15)36-19(22(28)23(34-36)26(29,30)31)13-40-18-8-5-14(6-9-18)25(38)39/h2-12H,13H2,1H3,(H,38,39). The Balaban J connectivity index is 1.44. The van der Waals surface area contributed by atoms with Crippen molar-refractivity contribution in [3.05, 3.63) is 94.3 Å². The third-order valence-corrected chi connectivity index (χ3v) is 6.47. The van der Waals surface area contributed by atoms with E-state index in [4.69, 9.17) is 21.4 Å². The summed E-state index contributed by atoms with van der Waals surface area (Å²) in [6.07, 6.45) is -8.76. The highest BCUT2D eigenvalue weighted by molar-refractivity contribution is 6.32. The number of anilines is 1. The van der Waals surface area contributed by atoms with E-state index < -0.39 is 41.7 Å². The van der Waals surface area contributed by atoms with E-state index in [2.05, 4.69) is 14.6 Å². The number of carbonyl (C=O) groups is 2. The lowest BCUT2D eigenvalue weighted by Gasteiger charge is -2.18. The fourth-order valence-electron chi connectivity index (χ4n) is 4.03. The summed E-state index contributed by atoms with van der Waals surface area (Å²) in [5.74, 6) is -2.13. The van der Waals surface area contributed by atoms with Gasteiger partial charge in [0.15, 0.2) is 17.2 Å². The van der Waals surface area contributed by atoms with Gasteiger partial charge in [0.2, 0.25) is 0 Å². The number of aromatic carboxylic acids is 1. The molecule has 0 bridgehead atoms. The van der Waals surface area contributed by atoms with E-state index in [1.165, 1.54) is 73.8 Å². The number of benzene rings is 3. The highest BCUT2D eigenvalue weighted by Crippen LogP contribution is 2.43. The largest absolute Gasteiger partial charge is 0.586 e. The number of carboxylic acid groups (broad SMARTS) is 1. The quantitative estimate of drug-likeness (QED) is 0.241. The van der Waals surface area contributed by atoms with E-state index >= 15 is 0 Å². The SMILES string of the molecule is CN(C(=O)c1cccc(-n2nc(C(F)(F)F)c(Cl)c2COc2ccc(C(=O)O)cc2)c1)c1ccc2c(c1)OC(F)(F)O2. The fourth-order valence-corrected chi connectivity index (χ4v) is 4.31. The molecule has 0 atom stereocenters. The highest BCUT2D eigenvalue weighted by Gasteiger charge is 2.43. The fraction of sp³-hybridized carbons (Fsp3) is 0.148. The van der Waals surface area contributed by atoms with Crippen molar-refractivity contribution in [2.75, 3.05) is 11.9 Å². The van der Waals surface area contributed by atoms with Gasteiger partial charge in [-0.15, -0.1) is 8.78 Å². The number of nitrogens with zero attached hydrogens (tertiary/aromatic N) is 3. The molecule has 1 N–H and O–H groups in total. The van der Waals surface area contributed by atoms with Crippen LogP contribution in [-0.2, 0) is 12.8 Å². The van der Waals surface area contributed by atoms with E-state index in [0.29, 0.717) is 0 Å². The Morgan fingerprint density at radius 2 is 1.71 bits per heavy atom. The number of alkyl halides is 5. The topological polar surface area (TPSA) is 103 Å². The van der Waals surface area contributed by atoms with Gasteiger partial charge in [0, 0.05) is 24.4 Å². The molecule has 1 aromatic heterocycles. The molecule has 9 nitrogen and oxygen atoms in total. The minimum Gasteiger partial charge on any atom is -0.487 e. The summed E-state index contributed by atoms with van der Waals surface area (Å²) in [7, 11) is 1.37. The molecule has 0 radical (unpaired) electrons. The Bertz CT molecular complexity index is 1690. The molecule has 0 saturated heterocycles. The van der Waals surface area contributed by atoms with Crippen molar-refractivity contribution in [2.24, 2.45) is 0 Å². The number of rotatable bonds is 7. The zero-order chi connectivity index (χ0) is 30.4. The number of ether oxygens (including phenoxy) is 3. The van der Waals surface area contributed by atoms with Gasteiger partial charge in [0.1, 0.15) is 18.1 Å². The van der Waals surface area contributed by atoms with Crippen LogP contribution in [0.25, 0.3) is 5.69 Å². The Morgan fingerprint density at radius 3 is 2.38 bits per heavy atom. The first-order chi connectivity index (χ1) is 19.7. The van der Waals surface area contributed by atoms with Crippen LogP contribution in [0.15, 0.2) is 66.7 Å². The number of hydrogen-bond donors (Lipinski definition) is 1. The summed E-state index contributed by atoms with van der Waals surface area (Å²) in [6.45, 7) is -0.492. The zero-order valence-corrected chi connectivity index (χ0v) is 21.9. The second kappa shape index (κ2) is 10.5. The molecule has 1 aliphatic rings. The molecule has 1 amide bonds. The van der Waals surface area contributed by atoms with Crippen LogP contribution < -0.4 is 19.1 Å². The Hall–Kier alpha value is -4.85. The maximum Gasteiger partial charge on any atom is 0.586 e. The Labute approximate surface area is 238 Å². The summed E-state index contributed by atoms with van der Waals surface area (Å²) in [6, 6.07) is 14.4. The second-order valence-electron chi connectivity index (χ2n) is 8.85. The van der Waals surface area contributed by atoms with Crippen molar-refractivity contribution < 1.29 is 50.9 Å². The van der Waals surface area contributed by atoms with Gasteiger partial charge in [-0.1, -0.05) is 17.7 Å². The van der Waals surface area contributed by atoms with Crippen LogP contribution in [0, 0.1) is 0 Å². The molecule has 0 saturated carbocycles. The first-order valence-electron chi connectivity index (χ1n) is 11.8. The average molecular weight is 610 g/mol. The van der Waals surface area contributed by atoms with Crippen LogP contribution in [0.2, 0.25) is 5.02 Å². The molecule has 0 spiro atoms. The van der Waals surface area contributed by atoms with E-state index in [1.54, 1.807) is 0 Å². The molecule has 0 fully saturated rings. The normalized spacial score (nSPS) is 13.6. The molecule has 15 heteroatoms. The third kappa shape index (κ3) is 5.65. The van der Waals surface area contributed by atoms with Crippen molar-refractivity contribution in [3.8, 4) is 22.9 Å². The van der Waals surface area contributed by atoms with Gasteiger partial charge in [-0.2, -0.15) is 18.3 Å². The van der Waals surface area contributed by atoms with Gasteiger partial charge >= 0.3 is 18.4 Å². The van der Waals surface area contributed by atoms with Gasteiger partial charge < -0.3 is 24.2 Å². The number of carbonyl (C=O) groups excluding carboxylic acids is 1. The van der Waals surface area contributed by atoms with Gasteiger partial charge in [-0.25, -0.2) is 9.48 Å². The van der Waals surface area contributed by atoms with E-state index in [-0.39, 0.29) is 45.4 Å². The van der Waals surface area contributed by atoms with Gasteiger partial charge in [-0.05, 0) is 54.6 Å². The average Bonchev–Trinajstić information content (AvgIpc) is 3.45. The maximum atomic E-state index is 13.7. The molecule has 2 heterocycles. The van der Waals surface area contributed by atoms with E-state index in [0.717, 1.165) is 9.58 Å². The molecule has 218 valence electrons. The van der Waals surface area contributed by atoms with Crippen molar-refractivity contribution in [2.45, 2.75) is 19.1 Å². The summed E-state index contributed by atoms with van der Waals surface area (Å²) in [5, 5.41) is 11.9. The smallest absolute Gasteiger partial charge is 0.487 e. The van der Waals surface area contributed by atoms with Crippen molar-refractivity contribution in [1.29, 1.82) is 0 Å². The highest BCUT2D eigenvalue weighted by atomic mass is 35.5. The Morgan fingerprint density at radius 1 is 1.02 bits per heavy atom. The van der Waals surface area contributed by atoms with Crippen LogP contribution in [0.4, 0.5) is 27.6 Å². The predicted molar refractivity (Wildman–Crippen MR) is 137 cm³/mol. The van der Waals surface area contributed by atoms with Crippen LogP contribution in [0.5, 0.6) is 17.2 Å². The molecule has 5 rings (SSSR count). The maximum absolute atomic E-state index is 13.7. The van der Waals surface area contributed by atoms with Gasteiger partial charge in [0.05, 0.1) is 16.3 Å². The van der Waals surface area contributed by atoms with Crippen LogP contribution in [0.1, 0.15) is 32.1 Å². The minimum absolute atomic E-state index is 0.0186. The monoisotopic (exact) mass is 609 g/mol. The number of hydrogen-bond acceptors (Lipinski definition) is 6. The number of halogens is 6. The molecule has 3 aromatic carbocycles. The lowest BCUT2D eigenvalue weighted by Crippen LogP contribution is -2.26. The number of aromatic nitrogens is 2. The summed E-state index contributed by atoms with van der Waals surface area (Å²) >= 11 is 6.08. The molecule has 0 unspecified atom stereocenters. The molecular weight excluding hydrogens is 593 g/mol. The zero-order valence-electron chi connectivity index (χ0n) is 21.2. The lowest BCUT2D eigenvalue weighted by molar-refractivity contribution is -0.286. The molecule has 42 heavy (non-hydrogen) atoms. The van der Waals surface area contributed by atoms with Crippen LogP contribution >= 0.6 is 11.6 Å². The molecule has 0 aliphatic carbocycles. The van der Waals surface area contributed by atoms with Gasteiger partial charge in [-0.3, -0.25) is 4.79 Å². The minimum atomic E-state index is -4.91. The Kier molecular flexibility index (Phi) is 7.18. The van der Waals surface area contributed by atoms with Gasteiger partial charge in [0.25, 0.3) is 5.91 Å².